The second kappa shape index (κ2) is 5.02. The molecule has 0 amide bonds. The third-order valence-corrected chi connectivity index (χ3v) is 4.43. The first-order valence-electron chi connectivity index (χ1n) is 7.27. The van der Waals surface area contributed by atoms with Gasteiger partial charge in [-0.3, -0.25) is 4.90 Å². The zero-order valence-electron chi connectivity index (χ0n) is 11.3. The average molecular weight is 244 g/mol. The fourth-order valence-corrected chi connectivity index (χ4v) is 2.93. The molecule has 2 aliphatic carbocycles. The Morgan fingerprint density at radius 2 is 1.83 bits per heavy atom. The van der Waals surface area contributed by atoms with E-state index in [1.165, 1.54) is 36.8 Å². The van der Waals surface area contributed by atoms with E-state index in [0.29, 0.717) is 6.04 Å². The lowest BCUT2D eigenvalue weighted by atomic mass is 10.1. The molecule has 0 aromatic heterocycles. The van der Waals surface area contributed by atoms with E-state index in [9.17, 15) is 0 Å². The van der Waals surface area contributed by atoms with Gasteiger partial charge in [-0.15, -0.1) is 0 Å². The van der Waals surface area contributed by atoms with Crippen LogP contribution in [-0.4, -0.2) is 24.5 Å². The summed E-state index contributed by atoms with van der Waals surface area (Å²) >= 11 is 0. The Labute approximate surface area is 110 Å². The summed E-state index contributed by atoms with van der Waals surface area (Å²) in [5, 5.41) is 0. The molecule has 1 atom stereocenters. The number of nitrogens with two attached hydrogens (primary N) is 1. The van der Waals surface area contributed by atoms with Gasteiger partial charge in [0.1, 0.15) is 0 Å². The van der Waals surface area contributed by atoms with Crippen LogP contribution in [0.3, 0.4) is 0 Å². The Morgan fingerprint density at radius 1 is 1.17 bits per heavy atom. The van der Waals surface area contributed by atoms with Crippen molar-refractivity contribution >= 4 is 0 Å². The third kappa shape index (κ3) is 2.76. The van der Waals surface area contributed by atoms with Crippen LogP contribution < -0.4 is 5.73 Å². The van der Waals surface area contributed by atoms with Gasteiger partial charge in [-0.2, -0.15) is 0 Å². The van der Waals surface area contributed by atoms with E-state index in [1.807, 2.05) is 0 Å². The van der Waals surface area contributed by atoms with E-state index in [0.717, 1.165) is 24.9 Å². The van der Waals surface area contributed by atoms with Crippen LogP contribution in [0.4, 0.5) is 0 Å². The van der Waals surface area contributed by atoms with Gasteiger partial charge in [0.05, 0.1) is 0 Å². The smallest absolute Gasteiger partial charge is 0.0247 e. The van der Waals surface area contributed by atoms with Gasteiger partial charge in [-0.25, -0.2) is 0 Å². The van der Waals surface area contributed by atoms with E-state index in [1.54, 1.807) is 0 Å². The van der Waals surface area contributed by atoms with Crippen LogP contribution in [0.5, 0.6) is 0 Å². The van der Waals surface area contributed by atoms with Gasteiger partial charge in [-0.1, -0.05) is 24.3 Å². The predicted molar refractivity (Wildman–Crippen MR) is 75.5 cm³/mol. The molecule has 2 aliphatic rings. The zero-order chi connectivity index (χ0) is 12.5. The molecule has 2 fully saturated rings. The minimum Gasteiger partial charge on any atom is -0.329 e. The SMILES string of the molecule is CN(Cc1ccc(C2CC2)cc1)C(CN)C1CC1. The van der Waals surface area contributed by atoms with Crippen LogP contribution in [0, 0.1) is 5.92 Å². The van der Waals surface area contributed by atoms with Gasteiger partial charge in [0, 0.05) is 19.1 Å². The van der Waals surface area contributed by atoms with Gasteiger partial charge < -0.3 is 5.73 Å². The average Bonchev–Trinajstić information content (AvgIpc) is 3.24. The number of likely N-dealkylation sites (N-methyl/N-ethyl adjacent to an activating group) is 1. The highest BCUT2D eigenvalue weighted by Gasteiger charge is 2.32. The van der Waals surface area contributed by atoms with Crippen molar-refractivity contribution in [2.45, 2.75) is 44.2 Å². The first-order chi connectivity index (χ1) is 8.78. The molecule has 98 valence electrons. The maximum absolute atomic E-state index is 5.90. The van der Waals surface area contributed by atoms with Crippen molar-refractivity contribution in [3.05, 3.63) is 35.4 Å². The van der Waals surface area contributed by atoms with Crippen LogP contribution in [0.15, 0.2) is 24.3 Å². The molecule has 0 spiro atoms. The summed E-state index contributed by atoms with van der Waals surface area (Å²) in [6, 6.07) is 9.80. The summed E-state index contributed by atoms with van der Waals surface area (Å²) in [6.45, 7) is 1.82. The van der Waals surface area contributed by atoms with Crippen LogP contribution >= 0.6 is 0 Å². The molecule has 2 heteroatoms. The predicted octanol–water partition coefficient (Wildman–Crippen LogP) is 2.73. The standard InChI is InChI=1S/C16H24N2/c1-18(16(10-17)15-8-9-15)11-12-2-4-13(5-3-12)14-6-7-14/h2-5,14-16H,6-11,17H2,1H3. The van der Waals surface area contributed by atoms with E-state index in [-0.39, 0.29) is 0 Å². The van der Waals surface area contributed by atoms with Crippen molar-refractivity contribution in [3.63, 3.8) is 0 Å². The summed E-state index contributed by atoms with van der Waals surface area (Å²) in [5.41, 5.74) is 8.84. The Bertz CT molecular complexity index is 390. The molecule has 1 aromatic carbocycles. The topological polar surface area (TPSA) is 29.3 Å². The molecule has 0 radical (unpaired) electrons. The molecule has 2 saturated carbocycles. The van der Waals surface area contributed by atoms with E-state index >= 15 is 0 Å². The van der Waals surface area contributed by atoms with Crippen LogP contribution in [0.2, 0.25) is 0 Å². The largest absolute Gasteiger partial charge is 0.329 e. The first-order valence-corrected chi connectivity index (χ1v) is 7.27. The lowest BCUT2D eigenvalue weighted by molar-refractivity contribution is 0.215. The van der Waals surface area contributed by atoms with Crippen molar-refractivity contribution in [1.29, 1.82) is 0 Å². The number of hydrogen-bond acceptors (Lipinski definition) is 2. The second-order valence-corrected chi connectivity index (χ2v) is 6.07. The van der Waals surface area contributed by atoms with Crippen LogP contribution in [0.25, 0.3) is 0 Å². The fourth-order valence-electron chi connectivity index (χ4n) is 2.93. The number of benzene rings is 1. The first kappa shape index (κ1) is 12.2. The number of nitrogens with zero attached hydrogens (tertiary/aromatic N) is 1. The quantitative estimate of drug-likeness (QED) is 0.833. The molecule has 2 nitrogen and oxygen atoms in total. The van der Waals surface area contributed by atoms with E-state index in [2.05, 4.69) is 36.2 Å². The van der Waals surface area contributed by atoms with Crippen molar-refractivity contribution in [2.75, 3.05) is 13.6 Å². The zero-order valence-corrected chi connectivity index (χ0v) is 11.3. The number of rotatable bonds is 6. The molecule has 0 saturated heterocycles. The summed E-state index contributed by atoms with van der Waals surface area (Å²) in [6.07, 6.45) is 5.51. The third-order valence-electron chi connectivity index (χ3n) is 4.43. The Kier molecular flexibility index (Phi) is 3.40. The highest BCUT2D eigenvalue weighted by molar-refractivity contribution is 5.28. The van der Waals surface area contributed by atoms with E-state index in [4.69, 9.17) is 5.73 Å². The van der Waals surface area contributed by atoms with Gasteiger partial charge in [-0.05, 0) is 55.7 Å². The van der Waals surface area contributed by atoms with Gasteiger partial charge in [0.2, 0.25) is 0 Å². The molecular weight excluding hydrogens is 220 g/mol. The molecular formula is C16H24N2. The molecule has 18 heavy (non-hydrogen) atoms. The van der Waals surface area contributed by atoms with Crippen molar-refractivity contribution in [2.24, 2.45) is 11.7 Å². The number of hydrogen-bond donors (Lipinski definition) is 1. The summed E-state index contributed by atoms with van der Waals surface area (Å²) in [7, 11) is 2.21. The molecule has 3 rings (SSSR count). The summed E-state index contributed by atoms with van der Waals surface area (Å²) in [5.74, 6) is 1.71. The lowest BCUT2D eigenvalue weighted by Crippen LogP contribution is -2.39. The van der Waals surface area contributed by atoms with Gasteiger partial charge in [0.15, 0.2) is 0 Å². The van der Waals surface area contributed by atoms with E-state index < -0.39 is 0 Å². The lowest BCUT2D eigenvalue weighted by Gasteiger charge is -2.27. The van der Waals surface area contributed by atoms with Crippen LogP contribution in [-0.2, 0) is 6.54 Å². The molecule has 1 aromatic rings. The summed E-state index contributed by atoms with van der Waals surface area (Å²) in [4.78, 5) is 2.43. The highest BCUT2D eigenvalue weighted by atomic mass is 15.1. The molecule has 0 aliphatic heterocycles. The van der Waals surface area contributed by atoms with Crippen molar-refractivity contribution in [3.8, 4) is 0 Å². The maximum Gasteiger partial charge on any atom is 0.0247 e. The Balaban J connectivity index is 1.60. The van der Waals surface area contributed by atoms with Crippen molar-refractivity contribution < 1.29 is 0 Å². The minimum absolute atomic E-state index is 0.577. The normalized spacial score (nSPS) is 21.3. The highest BCUT2D eigenvalue weighted by Crippen LogP contribution is 2.40. The summed E-state index contributed by atoms with van der Waals surface area (Å²) < 4.78 is 0. The molecule has 0 heterocycles. The van der Waals surface area contributed by atoms with Gasteiger partial charge in [0.25, 0.3) is 0 Å². The Hall–Kier alpha value is -0.860. The molecule has 2 N–H and O–H groups in total. The van der Waals surface area contributed by atoms with Gasteiger partial charge >= 0.3 is 0 Å². The maximum atomic E-state index is 5.90. The molecule has 0 bridgehead atoms. The Morgan fingerprint density at radius 3 is 2.33 bits per heavy atom. The minimum atomic E-state index is 0.577. The molecule has 1 unspecified atom stereocenters. The fraction of sp³-hybridized carbons (Fsp3) is 0.625. The van der Waals surface area contributed by atoms with Crippen molar-refractivity contribution in [1.82, 2.24) is 4.90 Å². The monoisotopic (exact) mass is 244 g/mol. The van der Waals surface area contributed by atoms with Crippen LogP contribution in [0.1, 0.15) is 42.7 Å². The second-order valence-electron chi connectivity index (χ2n) is 6.07.